The van der Waals surface area contributed by atoms with E-state index in [2.05, 4.69) is 34.3 Å². The number of fused-ring (bicyclic) bond motifs is 1. The van der Waals surface area contributed by atoms with E-state index in [1.807, 2.05) is 30.5 Å². The molecule has 5 atom stereocenters. The fourth-order valence-electron chi connectivity index (χ4n) is 6.43. The summed E-state index contributed by atoms with van der Waals surface area (Å²) in [6, 6.07) is 13.4. The van der Waals surface area contributed by atoms with Gasteiger partial charge in [0.25, 0.3) is 6.43 Å². The molecule has 1 aliphatic heterocycles. The van der Waals surface area contributed by atoms with Gasteiger partial charge in [0.2, 0.25) is 12.2 Å². The van der Waals surface area contributed by atoms with E-state index in [0.717, 1.165) is 28.0 Å². The summed E-state index contributed by atoms with van der Waals surface area (Å²) in [4.78, 5) is 18.6. The number of allylic oxidation sites excluding steroid dienone is 1. The quantitative estimate of drug-likeness (QED) is 0.338. The van der Waals surface area contributed by atoms with Gasteiger partial charge >= 0.3 is 5.97 Å². The number of nitrogens with zero attached hydrogens (tertiary/aromatic N) is 2. The number of hydrogen-bond donors (Lipinski definition) is 1. The molecule has 5 unspecified atom stereocenters. The Labute approximate surface area is 256 Å². The van der Waals surface area contributed by atoms with Crippen LogP contribution < -0.4 is 14.8 Å². The minimum absolute atomic E-state index is 0.0762. The Morgan fingerprint density at radius 2 is 1.89 bits per heavy atom. The average molecular weight is 612 g/mol. The number of aliphatic imine (C=N–C) groups is 1. The summed E-state index contributed by atoms with van der Waals surface area (Å²) < 4.78 is 53.7. The van der Waals surface area contributed by atoms with Gasteiger partial charge in [0, 0.05) is 44.0 Å². The molecule has 2 aromatic carbocycles. The first-order chi connectivity index (χ1) is 21.2. The Kier molecular flexibility index (Phi) is 9.73. The molecule has 9 nitrogen and oxygen atoms in total. The Morgan fingerprint density at radius 3 is 2.59 bits per heavy atom. The van der Waals surface area contributed by atoms with Gasteiger partial charge in [-0.3, -0.25) is 4.79 Å². The summed E-state index contributed by atoms with van der Waals surface area (Å²) in [5.74, 6) is 0.621. The third kappa shape index (κ3) is 6.52. The first-order valence-corrected chi connectivity index (χ1v) is 14.7. The van der Waals surface area contributed by atoms with Gasteiger partial charge in [-0.25, -0.2) is 8.78 Å². The molecular weight excluding hydrogens is 572 g/mol. The molecule has 3 aliphatic rings. The molecule has 236 valence electrons. The Bertz CT molecular complexity index is 1440. The predicted octanol–water partition coefficient (Wildman–Crippen LogP) is 5.79. The second-order valence-corrected chi connectivity index (χ2v) is 11.0. The molecule has 2 aliphatic carbocycles. The molecule has 1 saturated carbocycles. The normalized spacial score (nSPS) is 24.6. The van der Waals surface area contributed by atoms with E-state index in [1.165, 1.54) is 14.0 Å². The van der Waals surface area contributed by atoms with Crippen molar-refractivity contribution in [2.45, 2.75) is 70.0 Å². The van der Waals surface area contributed by atoms with Gasteiger partial charge in [-0.15, -0.1) is 0 Å². The van der Waals surface area contributed by atoms with E-state index >= 15 is 0 Å². The zero-order valence-electron chi connectivity index (χ0n) is 25.6. The van der Waals surface area contributed by atoms with Crippen molar-refractivity contribution in [2.75, 3.05) is 27.9 Å². The highest BCUT2D eigenvalue weighted by atomic mass is 19.3. The lowest BCUT2D eigenvalue weighted by atomic mass is 9.78. The zero-order valence-corrected chi connectivity index (χ0v) is 25.6. The number of alkyl halides is 2. The molecule has 0 radical (unpaired) electrons. The minimum atomic E-state index is -2.62. The van der Waals surface area contributed by atoms with Gasteiger partial charge in [0.1, 0.15) is 12.7 Å². The van der Waals surface area contributed by atoms with Gasteiger partial charge < -0.3 is 33.9 Å². The number of rotatable bonds is 10. The second-order valence-electron chi connectivity index (χ2n) is 11.0. The minimum Gasteiger partial charge on any atom is -0.493 e. The SMILES string of the molecule is COC1=NC(OC)N(C2C(NC3CCC(OC(C)=O)CC3c3ccc(OC)c(OCC(F)F)c3)=C(C)c3ccccc32)C=C1. The van der Waals surface area contributed by atoms with E-state index < -0.39 is 19.4 Å². The number of nitrogens with one attached hydrogen (secondary N) is 1. The van der Waals surface area contributed by atoms with Crippen LogP contribution in [0.3, 0.4) is 0 Å². The van der Waals surface area contributed by atoms with Crippen LogP contribution >= 0.6 is 0 Å². The van der Waals surface area contributed by atoms with Crippen molar-refractivity contribution in [1.82, 2.24) is 10.2 Å². The molecule has 0 spiro atoms. The summed E-state index contributed by atoms with van der Waals surface area (Å²) in [6.07, 6.45) is 2.17. The molecule has 0 amide bonds. The van der Waals surface area contributed by atoms with E-state index in [1.54, 1.807) is 26.4 Å². The molecule has 1 heterocycles. The molecule has 0 aromatic heterocycles. The lowest BCUT2D eigenvalue weighted by Gasteiger charge is -2.41. The maximum Gasteiger partial charge on any atom is 0.302 e. The van der Waals surface area contributed by atoms with Crippen molar-refractivity contribution in [3.8, 4) is 11.5 Å². The molecular formula is C33H39F2N3O6. The fourth-order valence-corrected chi connectivity index (χ4v) is 6.43. The molecule has 2 aromatic rings. The Morgan fingerprint density at radius 1 is 1.09 bits per heavy atom. The summed E-state index contributed by atoms with van der Waals surface area (Å²) in [5, 5.41) is 3.89. The fraction of sp³-hybridized carbons (Fsp3) is 0.455. The standard InChI is InChI=1S/C33H39F2N3O6/c1-19-23-8-6-7-9-24(23)32(38-15-14-30(41-4)37-33(38)42-5)31(19)36-26-12-11-22(44-20(2)39)17-25(26)21-10-13-27(40-3)28(16-21)43-18-29(34)35/h6-10,13-16,22,25-26,29,32-33,36H,11-12,17-18H2,1-5H3. The maximum absolute atomic E-state index is 13.0. The number of carbonyl (C=O) groups excluding carboxylic acids is 1. The summed E-state index contributed by atoms with van der Waals surface area (Å²) in [5.41, 5.74) is 5.23. The van der Waals surface area contributed by atoms with Crippen molar-refractivity contribution < 1.29 is 37.3 Å². The van der Waals surface area contributed by atoms with Crippen molar-refractivity contribution in [3.63, 3.8) is 0 Å². The van der Waals surface area contributed by atoms with Crippen molar-refractivity contribution in [2.24, 2.45) is 4.99 Å². The first-order valence-electron chi connectivity index (χ1n) is 14.7. The van der Waals surface area contributed by atoms with E-state index in [9.17, 15) is 13.6 Å². The van der Waals surface area contributed by atoms with Crippen LogP contribution in [-0.2, 0) is 19.0 Å². The zero-order chi connectivity index (χ0) is 31.4. The molecule has 44 heavy (non-hydrogen) atoms. The van der Waals surface area contributed by atoms with Crippen LogP contribution in [0, 0.1) is 0 Å². The molecule has 5 rings (SSSR count). The topological polar surface area (TPSA) is 90.9 Å². The summed E-state index contributed by atoms with van der Waals surface area (Å²) in [7, 11) is 4.66. The van der Waals surface area contributed by atoms with Gasteiger partial charge in [0.15, 0.2) is 11.5 Å². The lowest BCUT2D eigenvalue weighted by molar-refractivity contribution is -0.148. The number of ether oxygens (including phenoxy) is 5. The molecule has 0 bridgehead atoms. The third-order valence-corrected chi connectivity index (χ3v) is 8.39. The van der Waals surface area contributed by atoms with Crippen molar-refractivity contribution in [1.29, 1.82) is 0 Å². The predicted molar refractivity (Wildman–Crippen MR) is 162 cm³/mol. The highest BCUT2D eigenvalue weighted by molar-refractivity contribution is 5.88. The number of methoxy groups -OCH3 is 3. The van der Waals surface area contributed by atoms with E-state index in [-0.39, 0.29) is 35.8 Å². The van der Waals surface area contributed by atoms with Crippen LogP contribution in [0.1, 0.15) is 61.8 Å². The Balaban J connectivity index is 1.51. The van der Waals surface area contributed by atoms with Gasteiger partial charge in [-0.05, 0) is 60.6 Å². The summed E-state index contributed by atoms with van der Waals surface area (Å²) in [6.45, 7) is 2.77. The maximum atomic E-state index is 13.0. The highest BCUT2D eigenvalue weighted by Crippen LogP contribution is 2.46. The van der Waals surface area contributed by atoms with E-state index in [0.29, 0.717) is 30.9 Å². The smallest absolute Gasteiger partial charge is 0.302 e. The van der Waals surface area contributed by atoms with Gasteiger partial charge in [-0.2, -0.15) is 4.99 Å². The van der Waals surface area contributed by atoms with Crippen LogP contribution in [0.2, 0.25) is 0 Å². The largest absolute Gasteiger partial charge is 0.493 e. The Hall–Kier alpha value is -4.12. The lowest BCUT2D eigenvalue weighted by Crippen LogP contribution is -2.45. The average Bonchev–Trinajstić information content (AvgIpc) is 3.30. The van der Waals surface area contributed by atoms with Crippen LogP contribution in [0.15, 0.2) is 65.4 Å². The van der Waals surface area contributed by atoms with Crippen molar-refractivity contribution >= 4 is 17.4 Å². The van der Waals surface area contributed by atoms with Crippen LogP contribution in [-0.4, -0.2) is 69.6 Å². The molecule has 1 fully saturated rings. The van der Waals surface area contributed by atoms with Gasteiger partial charge in [0.05, 0.1) is 20.3 Å². The van der Waals surface area contributed by atoms with Gasteiger partial charge in [-0.1, -0.05) is 30.3 Å². The first kappa shape index (κ1) is 31.3. The summed E-state index contributed by atoms with van der Waals surface area (Å²) >= 11 is 0. The van der Waals surface area contributed by atoms with E-state index in [4.69, 9.17) is 23.7 Å². The van der Waals surface area contributed by atoms with Crippen LogP contribution in [0.5, 0.6) is 11.5 Å². The molecule has 11 heteroatoms. The third-order valence-electron chi connectivity index (χ3n) is 8.39. The number of halogens is 2. The number of esters is 1. The van der Waals surface area contributed by atoms with Crippen LogP contribution in [0.4, 0.5) is 8.78 Å². The molecule has 0 saturated heterocycles. The second kappa shape index (κ2) is 13.7. The molecule has 1 N–H and O–H groups in total. The number of benzene rings is 2. The highest BCUT2D eigenvalue weighted by Gasteiger charge is 2.40. The number of hydrogen-bond acceptors (Lipinski definition) is 9. The van der Waals surface area contributed by atoms with Crippen molar-refractivity contribution in [3.05, 3.63) is 77.1 Å². The van der Waals surface area contributed by atoms with Crippen LogP contribution in [0.25, 0.3) is 5.57 Å². The number of carbonyl (C=O) groups is 1. The monoisotopic (exact) mass is 611 g/mol.